The van der Waals surface area contributed by atoms with E-state index in [0.29, 0.717) is 0 Å². The quantitative estimate of drug-likeness (QED) is 0.439. The Kier molecular flexibility index (Phi) is 2.80. The first-order valence-electron chi connectivity index (χ1n) is 7.84. The maximum atomic E-state index is 2.49. The highest BCUT2D eigenvalue weighted by molar-refractivity contribution is 7.97. The Hall–Kier alpha value is -1.95. The predicted molar refractivity (Wildman–Crippen MR) is 105 cm³/mol. The predicted octanol–water partition coefficient (Wildman–Crippen LogP) is 4.81. The van der Waals surface area contributed by atoms with Gasteiger partial charge in [-0.05, 0) is 36.4 Å². The lowest BCUT2D eigenvalue weighted by Crippen LogP contribution is -2.26. The van der Waals surface area contributed by atoms with Crippen molar-refractivity contribution in [2.24, 2.45) is 0 Å². The molecule has 110 valence electrons. The standard InChI is InChI=1S/C21H16PS/c1-22(15-9-3-2-4-10-15)18-13-7-5-11-16(18)21-20(22)17-12-6-8-14-19(17)23-21/h2-14H,1H3/q+1. The number of benzene rings is 3. The molecule has 1 aliphatic rings. The van der Waals surface area contributed by atoms with Gasteiger partial charge in [0.2, 0.25) is 0 Å². The summed E-state index contributed by atoms with van der Waals surface area (Å²) in [5, 5.41) is 6.06. The highest BCUT2D eigenvalue weighted by Gasteiger charge is 2.51. The van der Waals surface area contributed by atoms with E-state index in [4.69, 9.17) is 0 Å². The van der Waals surface area contributed by atoms with Crippen molar-refractivity contribution in [3.8, 4) is 10.4 Å². The van der Waals surface area contributed by atoms with E-state index in [9.17, 15) is 0 Å². The van der Waals surface area contributed by atoms with Gasteiger partial charge in [-0.25, -0.2) is 0 Å². The molecule has 0 bridgehead atoms. The second-order valence-electron chi connectivity index (χ2n) is 6.13. The van der Waals surface area contributed by atoms with Crippen LogP contribution in [0.15, 0.2) is 78.9 Å². The first kappa shape index (κ1) is 13.5. The lowest BCUT2D eigenvalue weighted by molar-refractivity contribution is 1.75. The van der Waals surface area contributed by atoms with Gasteiger partial charge < -0.3 is 0 Å². The molecule has 0 N–H and O–H groups in total. The Bertz CT molecular complexity index is 1030. The highest BCUT2D eigenvalue weighted by atomic mass is 32.1. The summed E-state index contributed by atoms with van der Waals surface area (Å²) < 4.78 is 1.41. The van der Waals surface area contributed by atoms with Gasteiger partial charge in [0, 0.05) is 15.6 Å². The Labute approximate surface area is 140 Å². The van der Waals surface area contributed by atoms with E-state index in [1.807, 2.05) is 11.3 Å². The van der Waals surface area contributed by atoms with Crippen molar-refractivity contribution in [1.29, 1.82) is 0 Å². The third-order valence-corrected chi connectivity index (χ3v) is 10.3. The van der Waals surface area contributed by atoms with Crippen molar-refractivity contribution in [3.05, 3.63) is 78.9 Å². The summed E-state index contributed by atoms with van der Waals surface area (Å²) in [5.41, 5.74) is 1.45. The van der Waals surface area contributed by atoms with Gasteiger partial charge in [-0.3, -0.25) is 0 Å². The highest BCUT2D eigenvalue weighted by Crippen LogP contribution is 2.62. The summed E-state index contributed by atoms with van der Waals surface area (Å²) in [6.45, 7) is 2.49. The molecule has 0 radical (unpaired) electrons. The molecule has 1 aliphatic heterocycles. The van der Waals surface area contributed by atoms with Crippen LogP contribution >= 0.6 is 18.6 Å². The summed E-state index contributed by atoms with van der Waals surface area (Å²) in [6.07, 6.45) is 0. The van der Waals surface area contributed by atoms with Gasteiger partial charge in [0.25, 0.3) is 0 Å². The molecule has 0 spiro atoms. The Morgan fingerprint density at radius 1 is 0.739 bits per heavy atom. The molecule has 0 fully saturated rings. The summed E-state index contributed by atoms with van der Waals surface area (Å²) in [6, 6.07) is 29.0. The van der Waals surface area contributed by atoms with Crippen LogP contribution in [0.25, 0.3) is 20.5 Å². The second-order valence-corrected chi connectivity index (χ2v) is 10.6. The van der Waals surface area contributed by atoms with Gasteiger partial charge in [-0.15, -0.1) is 11.3 Å². The number of fused-ring (bicyclic) bond motifs is 5. The maximum absolute atomic E-state index is 2.49. The fourth-order valence-corrected chi connectivity index (χ4v) is 9.61. The van der Waals surface area contributed by atoms with Gasteiger partial charge >= 0.3 is 0 Å². The SMILES string of the molecule is C[P+]1(c2ccccc2)c2ccccc2-c2sc3ccccc3c21. The maximum Gasteiger partial charge on any atom is 0.131 e. The molecule has 2 heterocycles. The van der Waals surface area contributed by atoms with Gasteiger partial charge in [0.1, 0.15) is 23.2 Å². The molecule has 2 heteroatoms. The zero-order chi connectivity index (χ0) is 15.4. The normalized spacial score (nSPS) is 18.8. The number of hydrogen-bond donors (Lipinski definition) is 0. The summed E-state index contributed by atoms with van der Waals surface area (Å²) in [7, 11) is -1.54. The average molecular weight is 331 g/mol. The summed E-state index contributed by atoms with van der Waals surface area (Å²) in [5.74, 6) is 0. The number of thiophene rings is 1. The summed E-state index contributed by atoms with van der Waals surface area (Å²) in [4.78, 5) is 1.49. The van der Waals surface area contributed by atoms with Crippen LogP contribution < -0.4 is 15.9 Å². The van der Waals surface area contributed by atoms with E-state index in [0.717, 1.165) is 0 Å². The topological polar surface area (TPSA) is 0 Å². The molecule has 5 rings (SSSR count). The number of rotatable bonds is 1. The lowest BCUT2D eigenvalue weighted by Gasteiger charge is -2.19. The first-order chi connectivity index (χ1) is 11.3. The molecular weight excluding hydrogens is 315 g/mol. The molecule has 0 nitrogen and oxygen atoms in total. The van der Waals surface area contributed by atoms with Crippen molar-refractivity contribution in [2.75, 3.05) is 6.66 Å². The third-order valence-electron chi connectivity index (χ3n) is 4.92. The molecule has 1 unspecified atom stereocenters. The van der Waals surface area contributed by atoms with E-state index in [1.165, 1.54) is 25.8 Å². The van der Waals surface area contributed by atoms with E-state index in [1.54, 1.807) is 10.6 Å². The minimum atomic E-state index is -1.54. The zero-order valence-corrected chi connectivity index (χ0v) is 14.6. The van der Waals surface area contributed by atoms with Crippen molar-refractivity contribution in [1.82, 2.24) is 0 Å². The van der Waals surface area contributed by atoms with Crippen LogP contribution in [0.4, 0.5) is 0 Å². The Morgan fingerprint density at radius 3 is 2.30 bits per heavy atom. The molecule has 0 amide bonds. The van der Waals surface area contributed by atoms with Crippen LogP contribution in [-0.4, -0.2) is 6.66 Å². The fourth-order valence-electron chi connectivity index (χ4n) is 3.83. The largest absolute Gasteiger partial charge is 0.131 e. The number of hydrogen-bond acceptors (Lipinski definition) is 1. The molecule has 0 saturated heterocycles. The van der Waals surface area contributed by atoms with E-state index >= 15 is 0 Å². The Morgan fingerprint density at radius 2 is 1.43 bits per heavy atom. The van der Waals surface area contributed by atoms with Crippen LogP contribution in [0.1, 0.15) is 0 Å². The van der Waals surface area contributed by atoms with Crippen LogP contribution in [-0.2, 0) is 0 Å². The summed E-state index contributed by atoms with van der Waals surface area (Å²) >= 11 is 1.95. The van der Waals surface area contributed by atoms with Gasteiger partial charge in [0.15, 0.2) is 0 Å². The molecular formula is C21H16PS+. The fraction of sp³-hybridized carbons (Fsp3) is 0.0476. The monoisotopic (exact) mass is 331 g/mol. The van der Waals surface area contributed by atoms with Crippen LogP contribution in [0.5, 0.6) is 0 Å². The van der Waals surface area contributed by atoms with Crippen LogP contribution in [0.3, 0.4) is 0 Å². The molecule has 1 atom stereocenters. The lowest BCUT2D eigenvalue weighted by atomic mass is 10.2. The zero-order valence-electron chi connectivity index (χ0n) is 12.9. The molecule has 23 heavy (non-hydrogen) atoms. The molecule has 1 aromatic heterocycles. The molecule has 0 aliphatic carbocycles. The van der Waals surface area contributed by atoms with Crippen molar-refractivity contribution < 1.29 is 0 Å². The molecule has 0 saturated carbocycles. The minimum absolute atomic E-state index is 1.41. The second kappa shape index (κ2) is 4.77. The van der Waals surface area contributed by atoms with Gasteiger partial charge in [0.05, 0.1) is 11.5 Å². The van der Waals surface area contributed by atoms with Crippen molar-refractivity contribution in [2.45, 2.75) is 0 Å². The Balaban J connectivity index is 1.96. The van der Waals surface area contributed by atoms with Crippen molar-refractivity contribution >= 4 is 44.6 Å². The van der Waals surface area contributed by atoms with E-state index in [-0.39, 0.29) is 0 Å². The smallest absolute Gasteiger partial charge is 0.131 e. The van der Waals surface area contributed by atoms with Crippen LogP contribution in [0.2, 0.25) is 0 Å². The molecule has 3 aromatic carbocycles. The van der Waals surface area contributed by atoms with E-state index < -0.39 is 7.26 Å². The molecule has 4 aromatic rings. The average Bonchev–Trinajstić information content (AvgIpc) is 3.12. The van der Waals surface area contributed by atoms with E-state index in [2.05, 4.69) is 85.5 Å². The van der Waals surface area contributed by atoms with Gasteiger partial charge in [-0.1, -0.05) is 42.5 Å². The van der Waals surface area contributed by atoms with Crippen molar-refractivity contribution in [3.63, 3.8) is 0 Å². The third kappa shape index (κ3) is 1.70. The first-order valence-corrected chi connectivity index (χ1v) is 10.9. The minimum Gasteiger partial charge on any atom is -0.131 e. The van der Waals surface area contributed by atoms with Crippen LogP contribution in [0, 0.1) is 0 Å². The van der Waals surface area contributed by atoms with Gasteiger partial charge in [-0.2, -0.15) is 0 Å².